The first-order valence-electron chi connectivity index (χ1n) is 7.11. The molecule has 0 bridgehead atoms. The summed E-state index contributed by atoms with van der Waals surface area (Å²) >= 11 is 12.1. The van der Waals surface area contributed by atoms with Crippen LogP contribution in [0.2, 0.25) is 10.0 Å². The van der Waals surface area contributed by atoms with Crippen molar-refractivity contribution >= 4 is 41.1 Å². The summed E-state index contributed by atoms with van der Waals surface area (Å²) in [6.45, 7) is 1.56. The number of dihydropyridines is 1. The standard InChI is InChI=1S/C18H10Cl2N2O3/c1-9-13(17(23)22-18(24)14(9)8-21)7-11-3-5-16(25-11)12-4-2-10(19)6-15(12)20/h2-7H,1H3,(H,22,23,24)/b13-7-. The highest BCUT2D eigenvalue weighted by Crippen LogP contribution is 2.32. The number of aliphatic imine (C=N–C) groups is 1. The number of hydrogen-bond donors (Lipinski definition) is 1. The maximum absolute atomic E-state index is 11.6. The predicted octanol–water partition coefficient (Wildman–Crippen LogP) is 4.97. The van der Waals surface area contributed by atoms with Crippen molar-refractivity contribution in [2.75, 3.05) is 0 Å². The molecule has 5 nitrogen and oxygen atoms in total. The molecule has 0 unspecified atom stereocenters. The maximum atomic E-state index is 11.6. The van der Waals surface area contributed by atoms with Gasteiger partial charge in [-0.1, -0.05) is 23.2 Å². The molecule has 3 rings (SSSR count). The monoisotopic (exact) mass is 372 g/mol. The lowest BCUT2D eigenvalue weighted by Crippen LogP contribution is -2.16. The molecule has 1 aromatic carbocycles. The summed E-state index contributed by atoms with van der Waals surface area (Å²) in [5, 5.41) is 19.9. The quantitative estimate of drug-likeness (QED) is 0.805. The van der Waals surface area contributed by atoms with Crippen molar-refractivity contribution in [3.63, 3.8) is 0 Å². The second kappa shape index (κ2) is 6.60. The third kappa shape index (κ3) is 3.22. The number of carbonyl (C=O) groups excluding carboxylic acids is 1. The van der Waals surface area contributed by atoms with Gasteiger partial charge in [-0.05, 0) is 48.9 Å². The summed E-state index contributed by atoms with van der Waals surface area (Å²) in [6, 6.07) is 10.2. The van der Waals surface area contributed by atoms with Gasteiger partial charge in [0.1, 0.15) is 23.2 Å². The zero-order chi connectivity index (χ0) is 18.1. The van der Waals surface area contributed by atoms with Gasteiger partial charge in [0.05, 0.1) is 5.02 Å². The first kappa shape index (κ1) is 17.0. The van der Waals surface area contributed by atoms with Gasteiger partial charge in [-0.15, -0.1) is 0 Å². The Morgan fingerprint density at radius 3 is 2.72 bits per heavy atom. The smallest absolute Gasteiger partial charge is 0.291 e. The van der Waals surface area contributed by atoms with Crippen molar-refractivity contribution in [1.82, 2.24) is 0 Å². The van der Waals surface area contributed by atoms with E-state index in [1.165, 1.54) is 6.08 Å². The van der Waals surface area contributed by atoms with E-state index in [2.05, 4.69) is 4.99 Å². The molecular formula is C18H10Cl2N2O3. The van der Waals surface area contributed by atoms with Gasteiger partial charge >= 0.3 is 0 Å². The Morgan fingerprint density at radius 1 is 1.28 bits per heavy atom. The highest BCUT2D eigenvalue weighted by molar-refractivity contribution is 6.36. The third-order valence-electron chi connectivity index (χ3n) is 3.66. The highest BCUT2D eigenvalue weighted by Gasteiger charge is 2.24. The van der Waals surface area contributed by atoms with Crippen LogP contribution < -0.4 is 0 Å². The minimum atomic E-state index is -0.761. The Balaban J connectivity index is 2.02. The van der Waals surface area contributed by atoms with Crippen LogP contribution in [0, 0.1) is 11.3 Å². The zero-order valence-corrected chi connectivity index (χ0v) is 14.4. The van der Waals surface area contributed by atoms with Crippen LogP contribution >= 0.6 is 23.2 Å². The number of aliphatic hydroxyl groups excluding tert-OH is 1. The molecule has 0 spiro atoms. The van der Waals surface area contributed by atoms with Crippen LogP contribution in [0.4, 0.5) is 0 Å². The molecule has 0 aliphatic carbocycles. The number of aliphatic hydroxyl groups is 1. The lowest BCUT2D eigenvalue weighted by atomic mass is 9.98. The van der Waals surface area contributed by atoms with Crippen molar-refractivity contribution in [3.8, 4) is 17.4 Å². The molecule has 1 aromatic heterocycles. The fraction of sp³-hybridized carbons (Fsp3) is 0.0556. The summed E-state index contributed by atoms with van der Waals surface area (Å²) < 4.78 is 5.73. The maximum Gasteiger partial charge on any atom is 0.291 e. The second-order valence-corrected chi connectivity index (χ2v) is 6.08. The lowest BCUT2D eigenvalue weighted by Gasteiger charge is -2.11. The number of benzene rings is 1. The van der Waals surface area contributed by atoms with Gasteiger partial charge in [0.25, 0.3) is 5.91 Å². The van der Waals surface area contributed by atoms with Gasteiger partial charge in [0, 0.05) is 16.2 Å². The number of halogens is 2. The molecule has 0 saturated carbocycles. The molecule has 7 heteroatoms. The van der Waals surface area contributed by atoms with E-state index in [9.17, 15) is 9.90 Å². The van der Waals surface area contributed by atoms with Gasteiger partial charge in [0.2, 0.25) is 5.90 Å². The van der Waals surface area contributed by atoms with Crippen molar-refractivity contribution in [2.24, 2.45) is 4.99 Å². The van der Waals surface area contributed by atoms with Gasteiger partial charge in [-0.25, -0.2) is 0 Å². The van der Waals surface area contributed by atoms with Gasteiger partial charge in [-0.3, -0.25) is 4.79 Å². The van der Waals surface area contributed by atoms with Crippen LogP contribution in [0.1, 0.15) is 12.7 Å². The minimum absolute atomic E-state index is 0.114. The molecule has 1 amide bonds. The molecule has 1 aliphatic heterocycles. The lowest BCUT2D eigenvalue weighted by molar-refractivity contribution is -0.114. The van der Waals surface area contributed by atoms with Gasteiger partial charge in [-0.2, -0.15) is 10.3 Å². The Morgan fingerprint density at radius 2 is 2.04 bits per heavy atom. The molecule has 0 fully saturated rings. The Labute approximate surface area is 153 Å². The Kier molecular flexibility index (Phi) is 4.49. The molecule has 2 heterocycles. The van der Waals surface area contributed by atoms with Crippen molar-refractivity contribution < 1.29 is 14.3 Å². The van der Waals surface area contributed by atoms with E-state index in [1.54, 1.807) is 43.3 Å². The van der Waals surface area contributed by atoms with E-state index in [4.69, 9.17) is 32.9 Å². The molecular weight excluding hydrogens is 363 g/mol. The van der Waals surface area contributed by atoms with Gasteiger partial charge < -0.3 is 9.52 Å². The van der Waals surface area contributed by atoms with Gasteiger partial charge in [0.15, 0.2) is 0 Å². The van der Waals surface area contributed by atoms with E-state index in [0.29, 0.717) is 32.7 Å². The largest absolute Gasteiger partial charge is 0.493 e. The number of amides is 1. The topological polar surface area (TPSA) is 86.6 Å². The summed E-state index contributed by atoms with van der Waals surface area (Å²) in [7, 11) is 0. The van der Waals surface area contributed by atoms with Crippen LogP contribution in [-0.4, -0.2) is 16.9 Å². The fourth-order valence-corrected chi connectivity index (χ4v) is 2.89. The molecule has 124 valence electrons. The van der Waals surface area contributed by atoms with Crippen molar-refractivity contribution in [1.29, 1.82) is 5.26 Å². The predicted molar refractivity (Wildman–Crippen MR) is 95.5 cm³/mol. The van der Waals surface area contributed by atoms with E-state index in [1.807, 2.05) is 0 Å². The zero-order valence-electron chi connectivity index (χ0n) is 12.9. The second-order valence-electron chi connectivity index (χ2n) is 5.24. The summed E-state index contributed by atoms with van der Waals surface area (Å²) in [4.78, 5) is 15.1. The number of nitrogens with zero attached hydrogens (tertiary/aromatic N) is 2. The summed E-state index contributed by atoms with van der Waals surface area (Å²) in [5.74, 6) is -0.297. The Bertz CT molecular complexity index is 1020. The SMILES string of the molecule is CC1=C(C#N)C(=O)N=C(O)/C1=C\c1ccc(-c2ccc(Cl)cc2Cl)o1. The molecule has 25 heavy (non-hydrogen) atoms. The van der Waals surface area contributed by atoms with Crippen LogP contribution in [0.5, 0.6) is 0 Å². The number of nitriles is 1. The third-order valence-corrected chi connectivity index (χ3v) is 4.21. The molecule has 1 N–H and O–H groups in total. The summed E-state index contributed by atoms with van der Waals surface area (Å²) in [6.07, 6.45) is 1.51. The molecule has 0 saturated heterocycles. The number of carbonyl (C=O) groups is 1. The number of rotatable bonds is 2. The van der Waals surface area contributed by atoms with Crippen LogP contribution in [-0.2, 0) is 4.79 Å². The van der Waals surface area contributed by atoms with E-state index < -0.39 is 11.8 Å². The highest BCUT2D eigenvalue weighted by atomic mass is 35.5. The van der Waals surface area contributed by atoms with Crippen LogP contribution in [0.25, 0.3) is 17.4 Å². The van der Waals surface area contributed by atoms with Crippen molar-refractivity contribution in [3.05, 3.63) is 62.9 Å². The minimum Gasteiger partial charge on any atom is -0.493 e. The fourth-order valence-electron chi connectivity index (χ4n) is 2.39. The molecule has 0 radical (unpaired) electrons. The normalized spacial score (nSPS) is 16.2. The van der Waals surface area contributed by atoms with E-state index >= 15 is 0 Å². The average molecular weight is 373 g/mol. The number of furan rings is 1. The van der Waals surface area contributed by atoms with E-state index in [-0.39, 0.29) is 11.1 Å². The van der Waals surface area contributed by atoms with Crippen molar-refractivity contribution in [2.45, 2.75) is 6.92 Å². The first-order chi connectivity index (χ1) is 11.9. The molecule has 0 atom stereocenters. The summed E-state index contributed by atoms with van der Waals surface area (Å²) in [5.41, 5.74) is 1.13. The average Bonchev–Trinajstić information content (AvgIpc) is 3.00. The van der Waals surface area contributed by atoms with Crippen LogP contribution in [0.15, 0.2) is 56.5 Å². The Hall–Kier alpha value is -2.81. The molecule has 1 aliphatic rings. The van der Waals surface area contributed by atoms with Crippen LogP contribution in [0.3, 0.4) is 0 Å². The molecule has 2 aromatic rings. The van der Waals surface area contributed by atoms with E-state index in [0.717, 1.165) is 0 Å². The number of hydrogen-bond acceptors (Lipinski definition) is 3. The first-order valence-corrected chi connectivity index (χ1v) is 7.87.